The van der Waals surface area contributed by atoms with Crippen LogP contribution in [0.15, 0.2) is 23.5 Å². The molecule has 3 heteroatoms. The second-order valence-corrected chi connectivity index (χ2v) is 6.03. The molecule has 0 aromatic heterocycles. The molecule has 1 heterocycles. The van der Waals surface area contributed by atoms with E-state index in [1.807, 2.05) is 0 Å². The van der Waals surface area contributed by atoms with Gasteiger partial charge in [0, 0.05) is 0 Å². The third-order valence-electron chi connectivity index (χ3n) is 4.24. The van der Waals surface area contributed by atoms with Crippen LogP contribution in [0.1, 0.15) is 66.2 Å². The van der Waals surface area contributed by atoms with Crippen LogP contribution < -0.4 is 0 Å². The third-order valence-corrected chi connectivity index (χ3v) is 4.24. The first-order valence-electron chi connectivity index (χ1n) is 8.21. The molecule has 0 saturated heterocycles. The molecule has 0 aromatic carbocycles. The van der Waals surface area contributed by atoms with Gasteiger partial charge in [0.05, 0.1) is 13.2 Å². The first kappa shape index (κ1) is 17.8. The molecular weight excluding hydrogens is 264 g/mol. The molecule has 21 heavy (non-hydrogen) atoms. The maximum atomic E-state index is 11.5. The van der Waals surface area contributed by atoms with Gasteiger partial charge in [0.1, 0.15) is 11.4 Å². The number of esters is 1. The maximum Gasteiger partial charge on any atom is 0.334 e. The minimum atomic E-state index is -0.352. The molecule has 0 aromatic rings. The predicted octanol–water partition coefficient (Wildman–Crippen LogP) is 4.78. The van der Waals surface area contributed by atoms with Crippen molar-refractivity contribution in [3.63, 3.8) is 0 Å². The Hall–Kier alpha value is -1.25. The van der Waals surface area contributed by atoms with Crippen LogP contribution in [0.25, 0.3) is 0 Å². The molecule has 0 spiro atoms. The van der Waals surface area contributed by atoms with Crippen molar-refractivity contribution in [1.82, 2.24) is 0 Å². The van der Waals surface area contributed by atoms with Crippen molar-refractivity contribution in [3.05, 3.63) is 23.5 Å². The standard InChI is InChI=1S/C18H30O3/c1-6-9-10-14(4)12-18(8-3)13-15(7-2)16(21-18)11-17(19)20-5/h11,13-14H,6-10,12H2,1-5H3/t14-,18+/m0/s1. The lowest BCUT2D eigenvalue weighted by Gasteiger charge is -2.29. The van der Waals surface area contributed by atoms with E-state index in [4.69, 9.17) is 9.47 Å². The lowest BCUT2D eigenvalue weighted by molar-refractivity contribution is -0.135. The van der Waals surface area contributed by atoms with Gasteiger partial charge >= 0.3 is 5.97 Å². The Morgan fingerprint density at radius 3 is 2.67 bits per heavy atom. The first-order chi connectivity index (χ1) is 10.00. The average molecular weight is 294 g/mol. The van der Waals surface area contributed by atoms with Crippen molar-refractivity contribution in [2.24, 2.45) is 5.92 Å². The first-order valence-corrected chi connectivity index (χ1v) is 8.21. The van der Waals surface area contributed by atoms with Crippen molar-refractivity contribution >= 4 is 5.97 Å². The van der Waals surface area contributed by atoms with Gasteiger partial charge in [0.2, 0.25) is 0 Å². The number of carbonyl (C=O) groups is 1. The van der Waals surface area contributed by atoms with Gasteiger partial charge < -0.3 is 9.47 Å². The summed E-state index contributed by atoms with van der Waals surface area (Å²) in [7, 11) is 1.39. The summed E-state index contributed by atoms with van der Waals surface area (Å²) in [5.74, 6) is 0.959. The van der Waals surface area contributed by atoms with Crippen LogP contribution in [-0.4, -0.2) is 18.7 Å². The van der Waals surface area contributed by atoms with Crippen LogP contribution in [0.4, 0.5) is 0 Å². The molecule has 2 atom stereocenters. The number of methoxy groups -OCH3 is 1. The predicted molar refractivity (Wildman–Crippen MR) is 85.9 cm³/mol. The Morgan fingerprint density at radius 2 is 2.14 bits per heavy atom. The number of carbonyl (C=O) groups excluding carboxylic acids is 1. The fourth-order valence-electron chi connectivity index (χ4n) is 2.93. The number of hydrogen-bond donors (Lipinski definition) is 0. The van der Waals surface area contributed by atoms with E-state index in [0.717, 1.165) is 24.8 Å². The van der Waals surface area contributed by atoms with E-state index in [9.17, 15) is 4.79 Å². The summed E-state index contributed by atoms with van der Waals surface area (Å²) < 4.78 is 10.9. The topological polar surface area (TPSA) is 35.5 Å². The number of allylic oxidation sites excluding steroid dienone is 1. The van der Waals surface area contributed by atoms with E-state index >= 15 is 0 Å². The second-order valence-electron chi connectivity index (χ2n) is 6.03. The Balaban J connectivity index is 2.86. The molecule has 120 valence electrons. The molecule has 0 fully saturated rings. The van der Waals surface area contributed by atoms with Crippen LogP contribution in [-0.2, 0) is 14.3 Å². The summed E-state index contributed by atoms with van der Waals surface area (Å²) >= 11 is 0. The SMILES string of the molecule is CCCC[C@H](C)C[C@]1(CC)C=C(CC)C(=CC(=O)OC)O1. The zero-order valence-corrected chi connectivity index (χ0v) is 14.2. The monoisotopic (exact) mass is 294 g/mol. The van der Waals surface area contributed by atoms with Crippen molar-refractivity contribution in [2.45, 2.75) is 71.8 Å². The Bertz CT molecular complexity index is 409. The molecule has 0 unspecified atom stereocenters. The molecule has 1 aliphatic rings. The zero-order chi connectivity index (χ0) is 15.9. The number of ether oxygens (including phenoxy) is 2. The average Bonchev–Trinajstić information content (AvgIpc) is 2.83. The van der Waals surface area contributed by atoms with Gasteiger partial charge in [-0.1, -0.05) is 47.0 Å². The molecule has 1 aliphatic heterocycles. The zero-order valence-electron chi connectivity index (χ0n) is 14.2. The molecule has 0 saturated carbocycles. The van der Waals surface area contributed by atoms with Crippen LogP contribution in [0.5, 0.6) is 0 Å². The Labute approximate surface area is 129 Å². The minimum absolute atomic E-state index is 0.252. The highest BCUT2D eigenvalue weighted by atomic mass is 16.5. The highest BCUT2D eigenvalue weighted by molar-refractivity contribution is 5.83. The van der Waals surface area contributed by atoms with E-state index in [1.165, 1.54) is 32.4 Å². The van der Waals surface area contributed by atoms with Crippen LogP contribution in [0.3, 0.4) is 0 Å². The molecular formula is C18H30O3. The summed E-state index contributed by atoms with van der Waals surface area (Å²) in [5.41, 5.74) is 0.864. The van der Waals surface area contributed by atoms with E-state index in [-0.39, 0.29) is 11.6 Å². The summed E-state index contributed by atoms with van der Waals surface area (Å²) in [5, 5.41) is 0. The lowest BCUT2D eigenvalue weighted by Crippen LogP contribution is -2.28. The molecule has 0 N–H and O–H groups in total. The van der Waals surface area contributed by atoms with Crippen molar-refractivity contribution < 1.29 is 14.3 Å². The highest BCUT2D eigenvalue weighted by Gasteiger charge is 2.37. The summed E-state index contributed by atoms with van der Waals surface area (Å²) in [4.78, 5) is 11.5. The van der Waals surface area contributed by atoms with Crippen molar-refractivity contribution in [1.29, 1.82) is 0 Å². The van der Waals surface area contributed by atoms with Crippen LogP contribution in [0, 0.1) is 5.92 Å². The van der Waals surface area contributed by atoms with Gasteiger partial charge in [-0.2, -0.15) is 0 Å². The number of unbranched alkanes of at least 4 members (excludes halogenated alkanes) is 1. The summed E-state index contributed by atoms with van der Waals surface area (Å²) in [6.07, 6.45) is 10.2. The van der Waals surface area contributed by atoms with E-state index in [1.54, 1.807) is 0 Å². The highest BCUT2D eigenvalue weighted by Crippen LogP contribution is 2.40. The quantitative estimate of drug-likeness (QED) is 0.477. The van der Waals surface area contributed by atoms with Crippen LogP contribution >= 0.6 is 0 Å². The van der Waals surface area contributed by atoms with E-state index in [2.05, 4.69) is 33.8 Å². The third kappa shape index (κ3) is 4.90. The van der Waals surface area contributed by atoms with Gasteiger partial charge in [-0.15, -0.1) is 0 Å². The molecule has 0 amide bonds. The van der Waals surface area contributed by atoms with E-state index < -0.39 is 0 Å². The fourth-order valence-corrected chi connectivity index (χ4v) is 2.93. The van der Waals surface area contributed by atoms with Gasteiger partial charge in [-0.3, -0.25) is 0 Å². The van der Waals surface area contributed by atoms with Gasteiger partial charge in [0.15, 0.2) is 0 Å². The minimum Gasteiger partial charge on any atom is -0.483 e. The second kappa shape index (κ2) is 8.26. The molecule has 0 aliphatic carbocycles. The van der Waals surface area contributed by atoms with Crippen LogP contribution in [0.2, 0.25) is 0 Å². The van der Waals surface area contributed by atoms with Crippen molar-refractivity contribution in [3.8, 4) is 0 Å². The van der Waals surface area contributed by atoms with Gasteiger partial charge in [-0.05, 0) is 36.8 Å². The lowest BCUT2D eigenvalue weighted by atomic mass is 9.86. The van der Waals surface area contributed by atoms with Gasteiger partial charge in [0.25, 0.3) is 0 Å². The summed E-state index contributed by atoms with van der Waals surface area (Å²) in [6.45, 7) is 8.75. The Kier molecular flexibility index (Phi) is 7.00. The smallest absolute Gasteiger partial charge is 0.334 e. The number of hydrogen-bond acceptors (Lipinski definition) is 3. The fraction of sp³-hybridized carbons (Fsp3) is 0.722. The molecule has 0 radical (unpaired) electrons. The Morgan fingerprint density at radius 1 is 1.43 bits per heavy atom. The molecule has 0 bridgehead atoms. The normalized spacial score (nSPS) is 24.6. The largest absolute Gasteiger partial charge is 0.483 e. The maximum absolute atomic E-state index is 11.5. The molecule has 1 rings (SSSR count). The van der Waals surface area contributed by atoms with Gasteiger partial charge in [-0.25, -0.2) is 4.79 Å². The van der Waals surface area contributed by atoms with E-state index in [0.29, 0.717) is 11.7 Å². The number of rotatable bonds is 8. The summed E-state index contributed by atoms with van der Waals surface area (Å²) in [6, 6.07) is 0. The van der Waals surface area contributed by atoms with Crippen molar-refractivity contribution in [2.75, 3.05) is 7.11 Å². The molecule has 3 nitrogen and oxygen atoms in total.